The van der Waals surface area contributed by atoms with E-state index in [-0.39, 0.29) is 5.82 Å². The lowest BCUT2D eigenvalue weighted by Crippen LogP contribution is -1.92. The third-order valence-electron chi connectivity index (χ3n) is 2.37. The fourth-order valence-corrected chi connectivity index (χ4v) is 2.10. The van der Waals surface area contributed by atoms with Crippen molar-refractivity contribution in [2.45, 2.75) is 6.92 Å². The minimum atomic E-state index is -0.325. The highest BCUT2D eigenvalue weighted by atomic mass is 35.5. The van der Waals surface area contributed by atoms with E-state index >= 15 is 0 Å². The Kier molecular flexibility index (Phi) is 3.64. The summed E-state index contributed by atoms with van der Waals surface area (Å²) in [4.78, 5) is 0. The Balaban J connectivity index is 2.40. The minimum absolute atomic E-state index is 0.308. The summed E-state index contributed by atoms with van der Waals surface area (Å²) >= 11 is 12.0. The van der Waals surface area contributed by atoms with Gasteiger partial charge >= 0.3 is 0 Å². The molecule has 2 aromatic carbocycles. The number of nitrogens with two attached hydrogens (primary N) is 1. The van der Waals surface area contributed by atoms with E-state index in [4.69, 9.17) is 33.7 Å². The molecule has 0 atom stereocenters. The van der Waals surface area contributed by atoms with Crippen molar-refractivity contribution in [3.8, 4) is 11.5 Å². The summed E-state index contributed by atoms with van der Waals surface area (Å²) in [5.74, 6) is 0.474. The highest BCUT2D eigenvalue weighted by Crippen LogP contribution is 2.38. The second kappa shape index (κ2) is 5.04. The molecule has 0 aliphatic heterocycles. The van der Waals surface area contributed by atoms with Crippen LogP contribution in [0.3, 0.4) is 0 Å². The maximum Gasteiger partial charge on any atom is 0.164 e. The third-order valence-corrected chi connectivity index (χ3v) is 2.93. The minimum Gasteiger partial charge on any atom is -0.454 e. The van der Waals surface area contributed by atoms with E-state index in [1.807, 2.05) is 0 Å². The zero-order valence-corrected chi connectivity index (χ0v) is 11.0. The average Bonchev–Trinajstić information content (AvgIpc) is 2.25. The Bertz CT molecular complexity index is 579. The maximum absolute atomic E-state index is 13.0. The predicted molar refractivity (Wildman–Crippen MR) is 72.1 cm³/mol. The zero-order valence-electron chi connectivity index (χ0n) is 9.51. The SMILES string of the molecule is Cc1cc(F)ccc1Oc1c(Cl)cc(N)cc1Cl. The first-order valence-electron chi connectivity index (χ1n) is 5.16. The van der Waals surface area contributed by atoms with Crippen LogP contribution in [0.25, 0.3) is 0 Å². The Labute approximate surface area is 114 Å². The number of aryl methyl sites for hydroxylation is 1. The molecular formula is C13H10Cl2FNO. The molecule has 2 N–H and O–H groups in total. The number of rotatable bonds is 2. The van der Waals surface area contributed by atoms with E-state index in [1.165, 1.54) is 18.2 Å². The normalized spacial score (nSPS) is 10.4. The van der Waals surface area contributed by atoms with Gasteiger partial charge in [-0.15, -0.1) is 0 Å². The molecular weight excluding hydrogens is 276 g/mol. The molecule has 2 aromatic rings. The van der Waals surface area contributed by atoms with Crippen LogP contribution in [0.2, 0.25) is 10.0 Å². The lowest BCUT2D eigenvalue weighted by molar-refractivity contribution is 0.477. The largest absolute Gasteiger partial charge is 0.454 e. The number of benzene rings is 2. The first kappa shape index (κ1) is 13.0. The summed E-state index contributed by atoms with van der Waals surface area (Å²) in [5.41, 5.74) is 6.70. The van der Waals surface area contributed by atoms with Gasteiger partial charge in [0.05, 0.1) is 10.0 Å². The molecule has 2 rings (SSSR count). The van der Waals surface area contributed by atoms with E-state index in [0.29, 0.717) is 32.8 Å². The molecule has 5 heteroatoms. The first-order chi connectivity index (χ1) is 8.47. The van der Waals surface area contributed by atoms with Crippen LogP contribution in [0.1, 0.15) is 5.56 Å². The van der Waals surface area contributed by atoms with Gasteiger partial charge in [0.1, 0.15) is 11.6 Å². The zero-order chi connectivity index (χ0) is 13.3. The molecule has 0 saturated heterocycles. The van der Waals surface area contributed by atoms with E-state index in [1.54, 1.807) is 19.1 Å². The van der Waals surface area contributed by atoms with Gasteiger partial charge in [-0.2, -0.15) is 0 Å². The van der Waals surface area contributed by atoms with Gasteiger partial charge in [0.15, 0.2) is 5.75 Å². The van der Waals surface area contributed by atoms with Gasteiger partial charge in [-0.1, -0.05) is 23.2 Å². The Morgan fingerprint density at radius 1 is 1.11 bits per heavy atom. The fourth-order valence-electron chi connectivity index (χ4n) is 1.51. The quantitative estimate of drug-likeness (QED) is 0.803. The van der Waals surface area contributed by atoms with E-state index < -0.39 is 0 Å². The highest BCUT2D eigenvalue weighted by Gasteiger charge is 2.11. The topological polar surface area (TPSA) is 35.2 Å². The van der Waals surface area contributed by atoms with Crippen LogP contribution in [-0.2, 0) is 0 Å². The fraction of sp³-hybridized carbons (Fsp3) is 0.0769. The molecule has 0 radical (unpaired) electrons. The van der Waals surface area contributed by atoms with Crippen molar-refractivity contribution in [3.63, 3.8) is 0 Å². The average molecular weight is 286 g/mol. The third kappa shape index (κ3) is 2.68. The van der Waals surface area contributed by atoms with Crippen molar-refractivity contribution >= 4 is 28.9 Å². The van der Waals surface area contributed by atoms with Crippen molar-refractivity contribution in [1.82, 2.24) is 0 Å². The van der Waals surface area contributed by atoms with Gasteiger partial charge in [0.2, 0.25) is 0 Å². The molecule has 0 bridgehead atoms. The lowest BCUT2D eigenvalue weighted by atomic mass is 10.2. The Hall–Kier alpha value is -1.45. The van der Waals surface area contributed by atoms with Crippen molar-refractivity contribution < 1.29 is 9.13 Å². The molecule has 18 heavy (non-hydrogen) atoms. The molecule has 0 aliphatic rings. The molecule has 0 heterocycles. The Morgan fingerprint density at radius 3 is 2.28 bits per heavy atom. The second-order valence-electron chi connectivity index (χ2n) is 3.83. The number of hydrogen-bond acceptors (Lipinski definition) is 2. The number of halogens is 3. The molecule has 0 saturated carbocycles. The monoisotopic (exact) mass is 285 g/mol. The molecule has 0 unspecified atom stereocenters. The molecule has 2 nitrogen and oxygen atoms in total. The van der Waals surface area contributed by atoms with Gasteiger partial charge in [-0.3, -0.25) is 0 Å². The summed E-state index contributed by atoms with van der Waals surface area (Å²) in [7, 11) is 0. The summed E-state index contributed by atoms with van der Waals surface area (Å²) < 4.78 is 18.6. The van der Waals surface area contributed by atoms with Crippen LogP contribution in [0.15, 0.2) is 30.3 Å². The van der Waals surface area contributed by atoms with Gasteiger partial charge in [0, 0.05) is 5.69 Å². The van der Waals surface area contributed by atoms with Gasteiger partial charge in [-0.25, -0.2) is 4.39 Å². The molecule has 0 aliphatic carbocycles. The van der Waals surface area contributed by atoms with E-state index in [2.05, 4.69) is 0 Å². The number of nitrogen functional groups attached to an aromatic ring is 1. The van der Waals surface area contributed by atoms with E-state index in [0.717, 1.165) is 0 Å². The summed E-state index contributed by atoms with van der Waals surface area (Å²) in [5, 5.41) is 0.618. The molecule has 0 fully saturated rings. The summed E-state index contributed by atoms with van der Waals surface area (Å²) in [6, 6.07) is 7.28. The molecule has 0 aromatic heterocycles. The predicted octanol–water partition coefficient (Wildman–Crippen LogP) is 4.82. The molecule has 0 spiro atoms. The standard InChI is InChI=1S/C13H10Cl2FNO/c1-7-4-8(16)2-3-12(7)18-13-10(14)5-9(17)6-11(13)15/h2-6H,17H2,1H3. The first-order valence-corrected chi connectivity index (χ1v) is 5.91. The summed E-state index contributed by atoms with van der Waals surface area (Å²) in [6.07, 6.45) is 0. The van der Waals surface area contributed by atoms with Crippen molar-refractivity contribution in [1.29, 1.82) is 0 Å². The number of anilines is 1. The van der Waals surface area contributed by atoms with Crippen molar-refractivity contribution in [3.05, 3.63) is 51.8 Å². The second-order valence-corrected chi connectivity index (χ2v) is 4.64. The van der Waals surface area contributed by atoms with Crippen LogP contribution >= 0.6 is 23.2 Å². The molecule has 0 amide bonds. The van der Waals surface area contributed by atoms with Crippen LogP contribution in [0, 0.1) is 12.7 Å². The van der Waals surface area contributed by atoms with E-state index in [9.17, 15) is 4.39 Å². The van der Waals surface area contributed by atoms with Crippen LogP contribution in [-0.4, -0.2) is 0 Å². The van der Waals surface area contributed by atoms with Crippen molar-refractivity contribution in [2.75, 3.05) is 5.73 Å². The Morgan fingerprint density at radius 2 is 1.72 bits per heavy atom. The number of hydrogen-bond donors (Lipinski definition) is 1. The smallest absolute Gasteiger partial charge is 0.164 e. The van der Waals surface area contributed by atoms with Crippen LogP contribution < -0.4 is 10.5 Å². The summed E-state index contributed by atoms with van der Waals surface area (Å²) in [6.45, 7) is 1.73. The maximum atomic E-state index is 13.0. The van der Waals surface area contributed by atoms with Gasteiger partial charge < -0.3 is 10.5 Å². The highest BCUT2D eigenvalue weighted by molar-refractivity contribution is 6.37. The van der Waals surface area contributed by atoms with Crippen LogP contribution in [0.4, 0.5) is 10.1 Å². The lowest BCUT2D eigenvalue weighted by Gasteiger charge is -2.12. The number of ether oxygens (including phenoxy) is 1. The molecule has 94 valence electrons. The van der Waals surface area contributed by atoms with Crippen molar-refractivity contribution in [2.24, 2.45) is 0 Å². The van der Waals surface area contributed by atoms with Crippen LogP contribution in [0.5, 0.6) is 11.5 Å². The van der Waals surface area contributed by atoms with Gasteiger partial charge in [0.25, 0.3) is 0 Å². The van der Waals surface area contributed by atoms with Gasteiger partial charge in [-0.05, 0) is 42.8 Å².